The molecule has 0 radical (unpaired) electrons. The highest BCUT2D eigenvalue weighted by Crippen LogP contribution is 2.25. The van der Waals surface area contributed by atoms with Gasteiger partial charge in [-0.3, -0.25) is 0 Å². The average Bonchev–Trinajstić information content (AvgIpc) is 2.45. The Morgan fingerprint density at radius 2 is 1.86 bits per heavy atom. The van der Waals surface area contributed by atoms with Gasteiger partial charge in [0.1, 0.15) is 4.90 Å². The van der Waals surface area contributed by atoms with Gasteiger partial charge in [0.2, 0.25) is 10.0 Å². The number of halogens is 2. The molecule has 112 valence electrons. The summed E-state index contributed by atoms with van der Waals surface area (Å²) in [6.45, 7) is 2.29. The van der Waals surface area contributed by atoms with E-state index in [9.17, 15) is 8.42 Å². The Hall–Kier alpha value is -0.880. The van der Waals surface area contributed by atoms with Crippen molar-refractivity contribution in [3.63, 3.8) is 0 Å². The molecule has 1 N–H and O–H groups in total. The number of hydrogen-bond acceptors (Lipinski definition) is 2. The first-order valence-electron chi connectivity index (χ1n) is 6.40. The van der Waals surface area contributed by atoms with Crippen LogP contribution < -0.4 is 4.72 Å². The van der Waals surface area contributed by atoms with Gasteiger partial charge >= 0.3 is 0 Å². The van der Waals surface area contributed by atoms with Gasteiger partial charge in [-0.2, -0.15) is 0 Å². The van der Waals surface area contributed by atoms with Crippen LogP contribution in [0.2, 0.25) is 5.02 Å². The maximum atomic E-state index is 12.3. The third kappa shape index (κ3) is 4.30. The predicted molar refractivity (Wildman–Crippen MR) is 89.2 cm³/mol. The van der Waals surface area contributed by atoms with Gasteiger partial charge in [0.15, 0.2) is 0 Å². The lowest BCUT2D eigenvalue weighted by molar-refractivity contribution is 0.575. The first-order valence-corrected chi connectivity index (χ1v) is 9.05. The Morgan fingerprint density at radius 1 is 1.19 bits per heavy atom. The molecule has 0 fully saturated rings. The first kappa shape index (κ1) is 16.5. The molecule has 21 heavy (non-hydrogen) atoms. The van der Waals surface area contributed by atoms with Crippen molar-refractivity contribution in [3.8, 4) is 0 Å². The number of sulfonamides is 1. The van der Waals surface area contributed by atoms with Gasteiger partial charge in [-0.1, -0.05) is 64.8 Å². The number of hydrogen-bond donors (Lipinski definition) is 1. The van der Waals surface area contributed by atoms with Crippen LogP contribution in [0.5, 0.6) is 0 Å². The summed E-state index contributed by atoms with van der Waals surface area (Å²) >= 11 is 9.25. The van der Waals surface area contributed by atoms with Gasteiger partial charge in [0.25, 0.3) is 0 Å². The van der Waals surface area contributed by atoms with Crippen LogP contribution in [0.1, 0.15) is 18.4 Å². The third-order valence-corrected chi connectivity index (χ3v) is 5.53. The van der Waals surface area contributed by atoms with Crippen molar-refractivity contribution in [2.75, 3.05) is 6.54 Å². The Balaban J connectivity index is 2.11. The summed E-state index contributed by atoms with van der Waals surface area (Å²) in [5.41, 5.74) is 1.09. The minimum atomic E-state index is -3.61. The number of nitrogens with one attached hydrogen (secondary N) is 1. The van der Waals surface area contributed by atoms with Crippen molar-refractivity contribution >= 4 is 37.6 Å². The van der Waals surface area contributed by atoms with Crippen molar-refractivity contribution in [1.82, 2.24) is 4.72 Å². The van der Waals surface area contributed by atoms with Crippen LogP contribution in [0.15, 0.2) is 57.9 Å². The summed E-state index contributed by atoms with van der Waals surface area (Å²) in [4.78, 5) is 0.0904. The molecule has 0 saturated heterocycles. The monoisotopic (exact) mass is 387 g/mol. The third-order valence-electron chi connectivity index (χ3n) is 3.13. The minimum Gasteiger partial charge on any atom is -0.211 e. The van der Waals surface area contributed by atoms with E-state index in [-0.39, 0.29) is 15.8 Å². The molecular weight excluding hydrogens is 374 g/mol. The minimum absolute atomic E-state index is 0.0789. The molecule has 0 spiro atoms. The zero-order valence-corrected chi connectivity index (χ0v) is 14.5. The van der Waals surface area contributed by atoms with E-state index >= 15 is 0 Å². The van der Waals surface area contributed by atoms with Gasteiger partial charge < -0.3 is 0 Å². The summed E-state index contributed by atoms with van der Waals surface area (Å²) in [5, 5.41) is 0.198. The Morgan fingerprint density at radius 3 is 2.48 bits per heavy atom. The fourth-order valence-corrected chi connectivity index (χ4v) is 4.07. The molecule has 2 aromatic carbocycles. The highest BCUT2D eigenvalue weighted by molar-refractivity contribution is 9.10. The molecule has 0 aliphatic rings. The lowest BCUT2D eigenvalue weighted by atomic mass is 10.0. The van der Waals surface area contributed by atoms with E-state index in [1.165, 1.54) is 6.07 Å². The Labute approximate surface area is 138 Å². The van der Waals surface area contributed by atoms with Crippen LogP contribution in [-0.4, -0.2) is 15.0 Å². The van der Waals surface area contributed by atoms with E-state index < -0.39 is 10.0 Å². The SMILES string of the molecule is CC(CNS(=O)(=O)c1ccc(Br)cc1Cl)c1ccccc1. The average molecular weight is 389 g/mol. The van der Waals surface area contributed by atoms with Crippen molar-refractivity contribution < 1.29 is 8.42 Å². The molecule has 0 aliphatic heterocycles. The van der Waals surface area contributed by atoms with E-state index in [2.05, 4.69) is 20.7 Å². The Bertz CT molecular complexity index is 720. The molecule has 0 aromatic heterocycles. The second kappa shape index (κ2) is 6.92. The van der Waals surface area contributed by atoms with Gasteiger partial charge in [0, 0.05) is 11.0 Å². The fourth-order valence-electron chi connectivity index (χ4n) is 1.91. The first-order chi connectivity index (χ1) is 9.90. The fraction of sp³-hybridized carbons (Fsp3) is 0.200. The molecular formula is C15H15BrClNO2S. The van der Waals surface area contributed by atoms with Crippen LogP contribution >= 0.6 is 27.5 Å². The lowest BCUT2D eigenvalue weighted by Crippen LogP contribution is -2.28. The van der Waals surface area contributed by atoms with Crippen molar-refractivity contribution in [2.45, 2.75) is 17.7 Å². The van der Waals surface area contributed by atoms with Gasteiger partial charge in [-0.15, -0.1) is 0 Å². The smallest absolute Gasteiger partial charge is 0.211 e. The van der Waals surface area contributed by atoms with Crippen LogP contribution in [0.3, 0.4) is 0 Å². The summed E-state index contributed by atoms with van der Waals surface area (Å²) in [5.74, 6) is 0.0789. The molecule has 2 aromatic rings. The molecule has 0 heterocycles. The summed E-state index contributed by atoms with van der Waals surface area (Å²) < 4.78 is 27.9. The molecule has 1 atom stereocenters. The predicted octanol–water partition coefficient (Wildman–Crippen LogP) is 4.18. The molecule has 0 amide bonds. The van der Waals surface area contributed by atoms with Crippen LogP contribution in [0.4, 0.5) is 0 Å². The van der Waals surface area contributed by atoms with E-state index in [4.69, 9.17) is 11.6 Å². The van der Waals surface area contributed by atoms with Crippen molar-refractivity contribution in [3.05, 3.63) is 63.6 Å². The van der Waals surface area contributed by atoms with Crippen molar-refractivity contribution in [2.24, 2.45) is 0 Å². The Kier molecular flexibility index (Phi) is 5.43. The summed E-state index contributed by atoms with van der Waals surface area (Å²) in [7, 11) is -3.61. The maximum Gasteiger partial charge on any atom is 0.242 e. The van der Waals surface area contributed by atoms with E-state index in [1.54, 1.807) is 12.1 Å². The molecule has 3 nitrogen and oxygen atoms in total. The van der Waals surface area contributed by atoms with Gasteiger partial charge in [-0.05, 0) is 29.7 Å². The van der Waals surface area contributed by atoms with Crippen molar-refractivity contribution in [1.29, 1.82) is 0 Å². The van der Waals surface area contributed by atoms with Gasteiger partial charge in [-0.25, -0.2) is 13.1 Å². The van der Waals surface area contributed by atoms with E-state index in [0.717, 1.165) is 10.0 Å². The van der Waals surface area contributed by atoms with Crippen LogP contribution in [-0.2, 0) is 10.0 Å². The second-order valence-corrected chi connectivity index (χ2v) is 7.80. The molecule has 6 heteroatoms. The molecule has 0 saturated carbocycles. The summed E-state index contributed by atoms with van der Waals surface area (Å²) in [6.07, 6.45) is 0. The normalized spacial score (nSPS) is 13.1. The molecule has 0 bridgehead atoms. The zero-order valence-electron chi connectivity index (χ0n) is 11.4. The quantitative estimate of drug-likeness (QED) is 0.835. The van der Waals surface area contributed by atoms with Gasteiger partial charge in [0.05, 0.1) is 5.02 Å². The van der Waals surface area contributed by atoms with Crippen LogP contribution in [0.25, 0.3) is 0 Å². The molecule has 1 unspecified atom stereocenters. The van der Waals surface area contributed by atoms with E-state index in [0.29, 0.717) is 6.54 Å². The molecule has 2 rings (SSSR count). The van der Waals surface area contributed by atoms with E-state index in [1.807, 2.05) is 37.3 Å². The zero-order chi connectivity index (χ0) is 15.5. The number of benzene rings is 2. The molecule has 0 aliphatic carbocycles. The van der Waals surface area contributed by atoms with Crippen LogP contribution in [0, 0.1) is 0 Å². The maximum absolute atomic E-state index is 12.3. The number of rotatable bonds is 5. The lowest BCUT2D eigenvalue weighted by Gasteiger charge is -2.14. The highest BCUT2D eigenvalue weighted by atomic mass is 79.9. The summed E-state index contributed by atoms with van der Waals surface area (Å²) in [6, 6.07) is 14.5. The second-order valence-electron chi connectivity index (χ2n) is 4.74. The standard InChI is InChI=1S/C15H15BrClNO2S/c1-11(12-5-3-2-4-6-12)10-18-21(19,20)15-8-7-13(16)9-14(15)17/h2-9,11,18H,10H2,1H3. The largest absolute Gasteiger partial charge is 0.242 e. The highest BCUT2D eigenvalue weighted by Gasteiger charge is 2.19. The topological polar surface area (TPSA) is 46.2 Å².